The predicted molar refractivity (Wildman–Crippen MR) is 90.3 cm³/mol. The lowest BCUT2D eigenvalue weighted by atomic mass is 9.86. The molecule has 1 aromatic carbocycles. The Morgan fingerprint density at radius 3 is 2.18 bits per heavy atom. The third-order valence-electron chi connectivity index (χ3n) is 4.45. The highest BCUT2D eigenvalue weighted by atomic mass is 16.1. The van der Waals surface area contributed by atoms with E-state index >= 15 is 0 Å². The SMILES string of the molecule is CCC/C(=C\C1CCCCC1)C(=O)c1ccc(C(C)=O)cc1. The van der Waals surface area contributed by atoms with Crippen LogP contribution in [0.1, 0.15) is 79.5 Å². The highest BCUT2D eigenvalue weighted by Crippen LogP contribution is 2.27. The molecule has 2 heteroatoms. The summed E-state index contributed by atoms with van der Waals surface area (Å²) in [4.78, 5) is 24.1. The second-order valence-corrected chi connectivity index (χ2v) is 6.30. The molecule has 1 aromatic rings. The Bertz CT molecular complexity index is 546. The van der Waals surface area contributed by atoms with E-state index in [4.69, 9.17) is 0 Å². The lowest BCUT2D eigenvalue weighted by Gasteiger charge is -2.19. The maximum atomic E-state index is 12.7. The molecule has 0 aromatic heterocycles. The highest BCUT2D eigenvalue weighted by molar-refractivity contribution is 6.09. The molecule has 1 saturated carbocycles. The Hall–Kier alpha value is -1.70. The highest BCUT2D eigenvalue weighted by Gasteiger charge is 2.16. The van der Waals surface area contributed by atoms with Crippen molar-refractivity contribution in [2.75, 3.05) is 0 Å². The molecular weight excluding hydrogens is 272 g/mol. The number of carbonyl (C=O) groups excluding carboxylic acids is 2. The fraction of sp³-hybridized carbons (Fsp3) is 0.500. The summed E-state index contributed by atoms with van der Waals surface area (Å²) in [6, 6.07) is 7.06. The summed E-state index contributed by atoms with van der Waals surface area (Å²) in [7, 11) is 0. The Morgan fingerprint density at radius 2 is 1.64 bits per heavy atom. The molecule has 118 valence electrons. The number of rotatable bonds is 6. The number of Topliss-reactive ketones (excluding diaryl/α,β-unsaturated/α-hetero) is 2. The first kappa shape index (κ1) is 16.7. The van der Waals surface area contributed by atoms with Gasteiger partial charge in [-0.15, -0.1) is 0 Å². The summed E-state index contributed by atoms with van der Waals surface area (Å²) >= 11 is 0. The third kappa shape index (κ3) is 4.40. The van der Waals surface area contributed by atoms with Gasteiger partial charge < -0.3 is 0 Å². The number of ketones is 2. The second-order valence-electron chi connectivity index (χ2n) is 6.30. The summed E-state index contributed by atoms with van der Waals surface area (Å²) in [6.07, 6.45) is 10.4. The Balaban J connectivity index is 2.17. The van der Waals surface area contributed by atoms with Crippen LogP contribution < -0.4 is 0 Å². The van der Waals surface area contributed by atoms with Crippen molar-refractivity contribution in [1.82, 2.24) is 0 Å². The number of allylic oxidation sites excluding steroid dienone is 2. The van der Waals surface area contributed by atoms with Crippen LogP contribution in [0.4, 0.5) is 0 Å². The summed E-state index contributed by atoms with van der Waals surface area (Å²) < 4.78 is 0. The Labute approximate surface area is 133 Å². The van der Waals surface area contributed by atoms with Gasteiger partial charge in [0.05, 0.1) is 0 Å². The van der Waals surface area contributed by atoms with Gasteiger partial charge in [-0.2, -0.15) is 0 Å². The van der Waals surface area contributed by atoms with Gasteiger partial charge in [-0.3, -0.25) is 9.59 Å². The van der Waals surface area contributed by atoms with Crippen molar-refractivity contribution in [3.63, 3.8) is 0 Å². The van der Waals surface area contributed by atoms with Gasteiger partial charge >= 0.3 is 0 Å². The molecule has 1 fully saturated rings. The van der Waals surface area contributed by atoms with Crippen LogP contribution in [-0.4, -0.2) is 11.6 Å². The number of hydrogen-bond acceptors (Lipinski definition) is 2. The average molecular weight is 298 g/mol. The average Bonchev–Trinajstić information content (AvgIpc) is 2.55. The van der Waals surface area contributed by atoms with E-state index in [0.717, 1.165) is 18.4 Å². The van der Waals surface area contributed by atoms with Gasteiger partial charge in [0.1, 0.15) is 0 Å². The molecule has 0 N–H and O–H groups in total. The van der Waals surface area contributed by atoms with Crippen molar-refractivity contribution < 1.29 is 9.59 Å². The van der Waals surface area contributed by atoms with Crippen molar-refractivity contribution >= 4 is 11.6 Å². The predicted octanol–water partition coefficient (Wildman–Crippen LogP) is 5.38. The van der Waals surface area contributed by atoms with Crippen LogP contribution in [0.25, 0.3) is 0 Å². The normalized spacial score (nSPS) is 16.5. The molecule has 0 unspecified atom stereocenters. The molecule has 0 bridgehead atoms. The minimum Gasteiger partial charge on any atom is -0.295 e. The van der Waals surface area contributed by atoms with E-state index in [1.54, 1.807) is 31.2 Å². The topological polar surface area (TPSA) is 34.1 Å². The van der Waals surface area contributed by atoms with Gasteiger partial charge in [0.2, 0.25) is 0 Å². The smallest absolute Gasteiger partial charge is 0.188 e. The zero-order valence-electron chi connectivity index (χ0n) is 13.7. The number of hydrogen-bond donors (Lipinski definition) is 0. The molecule has 0 amide bonds. The first-order chi connectivity index (χ1) is 10.6. The van der Waals surface area contributed by atoms with E-state index in [1.165, 1.54) is 32.1 Å². The Morgan fingerprint density at radius 1 is 1.05 bits per heavy atom. The number of benzene rings is 1. The van der Waals surface area contributed by atoms with Gasteiger partial charge in [0, 0.05) is 11.1 Å². The molecule has 0 aliphatic heterocycles. The quantitative estimate of drug-likeness (QED) is 0.522. The monoisotopic (exact) mass is 298 g/mol. The molecular formula is C20H26O2. The summed E-state index contributed by atoms with van der Waals surface area (Å²) in [5.41, 5.74) is 2.30. The van der Waals surface area contributed by atoms with E-state index in [2.05, 4.69) is 13.0 Å². The first-order valence-electron chi connectivity index (χ1n) is 8.48. The third-order valence-corrected chi connectivity index (χ3v) is 4.45. The minimum atomic E-state index is 0.0329. The van der Waals surface area contributed by atoms with E-state index in [0.29, 0.717) is 17.0 Å². The minimum absolute atomic E-state index is 0.0329. The standard InChI is InChI=1S/C20H26O2/c1-3-7-19(14-16-8-5-4-6-9-16)20(22)18-12-10-17(11-13-18)15(2)21/h10-14,16H,3-9H2,1-2H3/b19-14+. The van der Waals surface area contributed by atoms with Crippen LogP contribution >= 0.6 is 0 Å². The molecule has 2 nitrogen and oxygen atoms in total. The lowest BCUT2D eigenvalue weighted by molar-refractivity contribution is 0.101. The first-order valence-corrected chi connectivity index (χ1v) is 8.48. The van der Waals surface area contributed by atoms with Crippen molar-refractivity contribution in [3.8, 4) is 0 Å². The lowest BCUT2D eigenvalue weighted by Crippen LogP contribution is -2.09. The van der Waals surface area contributed by atoms with Crippen molar-refractivity contribution in [2.45, 2.75) is 58.8 Å². The van der Waals surface area contributed by atoms with Gasteiger partial charge in [0.15, 0.2) is 11.6 Å². The molecule has 22 heavy (non-hydrogen) atoms. The van der Waals surface area contributed by atoms with Gasteiger partial charge in [-0.25, -0.2) is 0 Å². The van der Waals surface area contributed by atoms with E-state index in [1.807, 2.05) is 0 Å². The summed E-state index contributed by atoms with van der Waals surface area (Å²) in [6.45, 7) is 3.66. The fourth-order valence-corrected chi connectivity index (χ4v) is 3.17. The zero-order chi connectivity index (χ0) is 15.9. The zero-order valence-corrected chi connectivity index (χ0v) is 13.7. The molecule has 1 aliphatic carbocycles. The van der Waals surface area contributed by atoms with Crippen molar-refractivity contribution in [2.24, 2.45) is 5.92 Å². The summed E-state index contributed by atoms with van der Waals surface area (Å²) in [5, 5.41) is 0. The summed E-state index contributed by atoms with van der Waals surface area (Å²) in [5.74, 6) is 0.726. The van der Waals surface area contributed by atoms with Gasteiger partial charge in [0.25, 0.3) is 0 Å². The van der Waals surface area contributed by atoms with Gasteiger partial charge in [-0.1, -0.05) is 62.9 Å². The molecule has 0 radical (unpaired) electrons. The van der Waals surface area contributed by atoms with Gasteiger partial charge in [-0.05, 0) is 37.7 Å². The van der Waals surface area contributed by atoms with Crippen LogP contribution in [0.5, 0.6) is 0 Å². The molecule has 2 rings (SSSR count). The largest absolute Gasteiger partial charge is 0.295 e. The maximum absolute atomic E-state index is 12.7. The molecule has 0 saturated heterocycles. The maximum Gasteiger partial charge on any atom is 0.188 e. The van der Waals surface area contributed by atoms with Crippen LogP contribution in [0.15, 0.2) is 35.9 Å². The van der Waals surface area contributed by atoms with E-state index in [-0.39, 0.29) is 11.6 Å². The van der Waals surface area contributed by atoms with Crippen LogP contribution in [-0.2, 0) is 0 Å². The fourth-order valence-electron chi connectivity index (χ4n) is 3.17. The van der Waals surface area contributed by atoms with E-state index < -0.39 is 0 Å². The second kappa shape index (κ2) is 8.07. The van der Waals surface area contributed by atoms with Crippen molar-refractivity contribution in [3.05, 3.63) is 47.0 Å². The van der Waals surface area contributed by atoms with Crippen LogP contribution in [0.3, 0.4) is 0 Å². The Kier molecular flexibility index (Phi) is 6.11. The molecule has 0 heterocycles. The molecule has 0 spiro atoms. The van der Waals surface area contributed by atoms with Crippen LogP contribution in [0, 0.1) is 5.92 Å². The van der Waals surface area contributed by atoms with E-state index in [9.17, 15) is 9.59 Å². The molecule has 1 aliphatic rings. The van der Waals surface area contributed by atoms with Crippen LogP contribution in [0.2, 0.25) is 0 Å². The van der Waals surface area contributed by atoms with Crippen molar-refractivity contribution in [1.29, 1.82) is 0 Å². The molecule has 0 atom stereocenters. The number of carbonyl (C=O) groups is 2.